The second kappa shape index (κ2) is 5.33. The first-order valence-corrected chi connectivity index (χ1v) is 4.75. The lowest BCUT2D eigenvalue weighted by molar-refractivity contribution is 0.179. The van der Waals surface area contributed by atoms with Crippen LogP contribution >= 0.6 is 0 Å². The summed E-state index contributed by atoms with van der Waals surface area (Å²) in [6.07, 6.45) is 8.29. The van der Waals surface area contributed by atoms with Crippen LogP contribution in [0, 0.1) is 11.8 Å². The van der Waals surface area contributed by atoms with Crippen LogP contribution in [0.1, 0.15) is 25.7 Å². The second-order valence-electron chi connectivity index (χ2n) is 3.49. The van der Waals surface area contributed by atoms with Crippen molar-refractivity contribution in [1.29, 1.82) is 0 Å². The van der Waals surface area contributed by atoms with E-state index in [-0.39, 0.29) is 13.2 Å². The van der Waals surface area contributed by atoms with Gasteiger partial charge in [0.05, 0.1) is 0 Å². The molecule has 12 heavy (non-hydrogen) atoms. The van der Waals surface area contributed by atoms with Crippen LogP contribution in [-0.2, 0) is 0 Å². The van der Waals surface area contributed by atoms with Gasteiger partial charge < -0.3 is 10.2 Å². The van der Waals surface area contributed by atoms with Crippen LogP contribution in [0.4, 0.5) is 0 Å². The number of aliphatic hydroxyl groups excluding tert-OH is 2. The zero-order valence-electron chi connectivity index (χ0n) is 7.45. The molecule has 2 heteroatoms. The molecule has 0 saturated heterocycles. The largest absolute Gasteiger partial charge is 0.396 e. The lowest BCUT2D eigenvalue weighted by Crippen LogP contribution is -2.19. The predicted molar refractivity (Wildman–Crippen MR) is 48.8 cm³/mol. The summed E-state index contributed by atoms with van der Waals surface area (Å²) in [5, 5.41) is 17.6. The summed E-state index contributed by atoms with van der Waals surface area (Å²) in [6, 6.07) is 0. The number of hydrogen-bond donors (Lipinski definition) is 2. The Labute approximate surface area is 73.9 Å². The van der Waals surface area contributed by atoms with Crippen molar-refractivity contribution in [3.05, 3.63) is 12.2 Å². The molecule has 0 radical (unpaired) electrons. The Balaban J connectivity index is 2.39. The Hall–Kier alpha value is -0.340. The first-order chi connectivity index (χ1) is 5.88. The average molecular weight is 170 g/mol. The van der Waals surface area contributed by atoms with E-state index in [1.54, 1.807) is 0 Å². The van der Waals surface area contributed by atoms with Crippen LogP contribution < -0.4 is 0 Å². The van der Waals surface area contributed by atoms with E-state index in [4.69, 9.17) is 10.2 Å². The van der Waals surface area contributed by atoms with Gasteiger partial charge in [-0.15, -0.1) is 0 Å². The molecule has 0 aromatic heterocycles. The summed E-state index contributed by atoms with van der Waals surface area (Å²) in [5.41, 5.74) is 0. The normalized spacial score (nSPS) is 29.2. The standard InChI is InChI=1S/C10H18O2/c11-7-5-9-3-1-2-4-10(9)6-8-12/h1-2,9-12H,3-8H2/t9-,10+. The van der Waals surface area contributed by atoms with E-state index in [9.17, 15) is 0 Å². The zero-order chi connectivity index (χ0) is 8.81. The fourth-order valence-corrected chi connectivity index (χ4v) is 1.97. The van der Waals surface area contributed by atoms with Gasteiger partial charge in [0.25, 0.3) is 0 Å². The van der Waals surface area contributed by atoms with E-state index in [2.05, 4.69) is 12.2 Å². The molecule has 1 aliphatic carbocycles. The molecular weight excluding hydrogens is 152 g/mol. The number of aliphatic hydroxyl groups is 2. The Morgan fingerprint density at radius 2 is 1.33 bits per heavy atom. The fourth-order valence-electron chi connectivity index (χ4n) is 1.97. The maximum Gasteiger partial charge on any atom is 0.0433 e. The highest BCUT2D eigenvalue weighted by molar-refractivity contribution is 4.94. The summed E-state index contributed by atoms with van der Waals surface area (Å²) >= 11 is 0. The van der Waals surface area contributed by atoms with Crippen molar-refractivity contribution in [2.24, 2.45) is 11.8 Å². The number of rotatable bonds is 4. The SMILES string of the molecule is OCC[C@H]1CC=CC[C@H]1CCO. The minimum Gasteiger partial charge on any atom is -0.396 e. The predicted octanol–water partition coefficient (Wildman–Crippen LogP) is 1.33. The maximum absolute atomic E-state index is 8.82. The Bertz CT molecular complexity index is 127. The van der Waals surface area contributed by atoms with Crippen molar-refractivity contribution in [1.82, 2.24) is 0 Å². The maximum atomic E-state index is 8.82. The van der Waals surface area contributed by atoms with Crippen LogP contribution in [-0.4, -0.2) is 23.4 Å². The van der Waals surface area contributed by atoms with Gasteiger partial charge in [0.1, 0.15) is 0 Å². The molecule has 0 aromatic carbocycles. The summed E-state index contributed by atoms with van der Waals surface area (Å²) in [6.45, 7) is 0.556. The summed E-state index contributed by atoms with van der Waals surface area (Å²) in [7, 11) is 0. The van der Waals surface area contributed by atoms with Gasteiger partial charge in [0, 0.05) is 13.2 Å². The molecule has 0 saturated carbocycles. The van der Waals surface area contributed by atoms with Crippen LogP contribution in [0.3, 0.4) is 0 Å². The van der Waals surface area contributed by atoms with E-state index in [1.807, 2.05) is 0 Å². The highest BCUT2D eigenvalue weighted by Gasteiger charge is 2.20. The Morgan fingerprint density at radius 3 is 1.67 bits per heavy atom. The third kappa shape index (κ3) is 2.61. The van der Waals surface area contributed by atoms with Crippen molar-refractivity contribution >= 4 is 0 Å². The van der Waals surface area contributed by atoms with Gasteiger partial charge in [-0.3, -0.25) is 0 Å². The molecule has 0 heterocycles. The minimum absolute atomic E-state index is 0.278. The van der Waals surface area contributed by atoms with E-state index in [1.165, 1.54) is 0 Å². The summed E-state index contributed by atoms with van der Waals surface area (Å²) in [4.78, 5) is 0. The minimum atomic E-state index is 0.278. The molecule has 1 aliphatic rings. The molecule has 0 bridgehead atoms. The quantitative estimate of drug-likeness (QED) is 0.625. The fraction of sp³-hybridized carbons (Fsp3) is 0.800. The number of hydrogen-bond acceptors (Lipinski definition) is 2. The average Bonchev–Trinajstić information content (AvgIpc) is 2.09. The van der Waals surface area contributed by atoms with Gasteiger partial charge in [-0.25, -0.2) is 0 Å². The molecule has 1 rings (SSSR count). The second-order valence-corrected chi connectivity index (χ2v) is 3.49. The molecule has 0 spiro atoms. The molecule has 2 N–H and O–H groups in total. The molecule has 2 atom stereocenters. The van der Waals surface area contributed by atoms with Crippen molar-refractivity contribution in [3.8, 4) is 0 Å². The van der Waals surface area contributed by atoms with Gasteiger partial charge in [-0.05, 0) is 37.5 Å². The molecule has 0 aromatic rings. The summed E-state index contributed by atoms with van der Waals surface area (Å²) in [5.74, 6) is 1.18. The molecular formula is C10H18O2. The van der Waals surface area contributed by atoms with E-state index in [0.29, 0.717) is 11.8 Å². The van der Waals surface area contributed by atoms with Crippen molar-refractivity contribution < 1.29 is 10.2 Å². The van der Waals surface area contributed by atoms with Gasteiger partial charge in [0.2, 0.25) is 0 Å². The van der Waals surface area contributed by atoms with Crippen molar-refractivity contribution in [2.75, 3.05) is 13.2 Å². The lowest BCUT2D eigenvalue weighted by atomic mass is 9.79. The third-order valence-electron chi connectivity index (χ3n) is 2.71. The van der Waals surface area contributed by atoms with Crippen LogP contribution in [0.25, 0.3) is 0 Å². The molecule has 0 fully saturated rings. The van der Waals surface area contributed by atoms with Crippen LogP contribution in [0.2, 0.25) is 0 Å². The third-order valence-corrected chi connectivity index (χ3v) is 2.71. The van der Waals surface area contributed by atoms with E-state index >= 15 is 0 Å². The lowest BCUT2D eigenvalue weighted by Gasteiger charge is -2.27. The molecule has 0 aliphatic heterocycles. The highest BCUT2D eigenvalue weighted by atomic mass is 16.3. The monoisotopic (exact) mass is 170 g/mol. The smallest absolute Gasteiger partial charge is 0.0433 e. The van der Waals surface area contributed by atoms with Crippen LogP contribution in [0.15, 0.2) is 12.2 Å². The molecule has 70 valence electrons. The van der Waals surface area contributed by atoms with E-state index in [0.717, 1.165) is 25.7 Å². The van der Waals surface area contributed by atoms with Gasteiger partial charge in [-0.1, -0.05) is 12.2 Å². The van der Waals surface area contributed by atoms with Crippen molar-refractivity contribution in [3.63, 3.8) is 0 Å². The van der Waals surface area contributed by atoms with Gasteiger partial charge in [-0.2, -0.15) is 0 Å². The van der Waals surface area contributed by atoms with Gasteiger partial charge in [0.15, 0.2) is 0 Å². The summed E-state index contributed by atoms with van der Waals surface area (Å²) < 4.78 is 0. The van der Waals surface area contributed by atoms with E-state index < -0.39 is 0 Å². The topological polar surface area (TPSA) is 40.5 Å². The first-order valence-electron chi connectivity index (χ1n) is 4.75. The zero-order valence-corrected chi connectivity index (χ0v) is 7.45. The Kier molecular flexibility index (Phi) is 4.33. The van der Waals surface area contributed by atoms with Crippen molar-refractivity contribution in [2.45, 2.75) is 25.7 Å². The van der Waals surface area contributed by atoms with Crippen LogP contribution in [0.5, 0.6) is 0 Å². The molecule has 0 amide bonds. The van der Waals surface area contributed by atoms with Gasteiger partial charge >= 0.3 is 0 Å². The first kappa shape index (κ1) is 9.75. The molecule has 2 nitrogen and oxygen atoms in total. The number of allylic oxidation sites excluding steroid dienone is 2. The Morgan fingerprint density at radius 1 is 0.917 bits per heavy atom. The molecule has 0 unspecified atom stereocenters. The highest BCUT2D eigenvalue weighted by Crippen LogP contribution is 2.30.